The van der Waals surface area contributed by atoms with E-state index in [4.69, 9.17) is 0 Å². The van der Waals surface area contributed by atoms with E-state index in [1.165, 1.54) is 27.6 Å². The van der Waals surface area contributed by atoms with Crippen LogP contribution in [-0.2, 0) is 6.54 Å². The van der Waals surface area contributed by atoms with Gasteiger partial charge in [0.15, 0.2) is 0 Å². The highest BCUT2D eigenvalue weighted by Gasteiger charge is 2.05. The van der Waals surface area contributed by atoms with Gasteiger partial charge in [-0.3, -0.25) is 4.98 Å². The molecule has 0 aliphatic carbocycles. The molecule has 0 aliphatic rings. The van der Waals surface area contributed by atoms with Crippen molar-refractivity contribution in [2.24, 2.45) is 0 Å². The molecule has 1 heterocycles. The summed E-state index contributed by atoms with van der Waals surface area (Å²) >= 11 is 0. The number of anilines is 1. The zero-order chi connectivity index (χ0) is 14.8. The molecule has 21 heavy (non-hydrogen) atoms. The average molecular weight is 276 g/mol. The van der Waals surface area contributed by atoms with E-state index in [2.05, 4.69) is 67.5 Å². The van der Waals surface area contributed by atoms with Crippen molar-refractivity contribution in [3.63, 3.8) is 0 Å². The van der Waals surface area contributed by atoms with E-state index < -0.39 is 0 Å². The lowest BCUT2D eigenvalue weighted by atomic mass is 10.0. The molecule has 0 unspecified atom stereocenters. The number of aryl methyl sites for hydroxylation is 3. The first-order valence-corrected chi connectivity index (χ1v) is 7.29. The van der Waals surface area contributed by atoms with E-state index in [0.717, 1.165) is 17.7 Å². The highest BCUT2D eigenvalue weighted by Crippen LogP contribution is 2.25. The van der Waals surface area contributed by atoms with E-state index in [0.29, 0.717) is 0 Å². The first-order valence-electron chi connectivity index (χ1n) is 7.29. The van der Waals surface area contributed by atoms with Crippen LogP contribution in [0, 0.1) is 20.8 Å². The van der Waals surface area contributed by atoms with Gasteiger partial charge in [-0.1, -0.05) is 29.8 Å². The fraction of sp³-hybridized carbons (Fsp3) is 0.211. The molecule has 0 bridgehead atoms. The average Bonchev–Trinajstić information content (AvgIpc) is 2.48. The Morgan fingerprint density at radius 1 is 0.952 bits per heavy atom. The monoisotopic (exact) mass is 276 g/mol. The van der Waals surface area contributed by atoms with Crippen LogP contribution < -0.4 is 5.32 Å². The van der Waals surface area contributed by atoms with Gasteiger partial charge in [-0.2, -0.15) is 0 Å². The summed E-state index contributed by atoms with van der Waals surface area (Å²) in [6.45, 7) is 7.23. The summed E-state index contributed by atoms with van der Waals surface area (Å²) in [5.41, 5.74) is 7.39. The third-order valence-electron chi connectivity index (χ3n) is 3.94. The normalized spacial score (nSPS) is 10.8. The van der Waals surface area contributed by atoms with Crippen molar-refractivity contribution in [3.8, 4) is 0 Å². The van der Waals surface area contributed by atoms with Crippen LogP contribution in [-0.4, -0.2) is 4.98 Å². The van der Waals surface area contributed by atoms with Gasteiger partial charge in [0.2, 0.25) is 0 Å². The number of nitrogens with zero attached hydrogens (tertiary/aromatic N) is 1. The molecule has 2 nitrogen and oxygen atoms in total. The summed E-state index contributed by atoms with van der Waals surface area (Å²) in [5.74, 6) is 0. The molecule has 0 fully saturated rings. The fourth-order valence-electron chi connectivity index (χ4n) is 2.70. The van der Waals surface area contributed by atoms with Crippen molar-refractivity contribution >= 4 is 16.6 Å². The minimum atomic E-state index is 0.833. The standard InChI is InChI=1S/C19H20N2/c1-13-6-8-16(15(3)11-13)12-21-18-9-7-14(2)19-17(18)5-4-10-20-19/h4-11,21H,12H2,1-3H3. The summed E-state index contributed by atoms with van der Waals surface area (Å²) in [4.78, 5) is 4.49. The molecule has 3 aromatic rings. The van der Waals surface area contributed by atoms with Gasteiger partial charge in [-0.15, -0.1) is 0 Å². The van der Waals surface area contributed by atoms with E-state index in [1.54, 1.807) is 0 Å². The van der Waals surface area contributed by atoms with Gasteiger partial charge >= 0.3 is 0 Å². The SMILES string of the molecule is Cc1ccc(CNc2ccc(C)c3ncccc23)c(C)c1. The number of benzene rings is 2. The zero-order valence-electron chi connectivity index (χ0n) is 12.8. The quantitative estimate of drug-likeness (QED) is 0.745. The predicted molar refractivity (Wildman–Crippen MR) is 89.7 cm³/mol. The van der Waals surface area contributed by atoms with Gasteiger partial charge in [0, 0.05) is 23.8 Å². The number of hydrogen-bond donors (Lipinski definition) is 1. The number of nitrogens with one attached hydrogen (secondary N) is 1. The van der Waals surface area contributed by atoms with Crippen LogP contribution >= 0.6 is 0 Å². The van der Waals surface area contributed by atoms with Crippen LogP contribution in [0.3, 0.4) is 0 Å². The maximum Gasteiger partial charge on any atom is 0.0751 e. The molecule has 0 atom stereocenters. The van der Waals surface area contributed by atoms with E-state index in [1.807, 2.05) is 12.3 Å². The van der Waals surface area contributed by atoms with E-state index in [9.17, 15) is 0 Å². The smallest absolute Gasteiger partial charge is 0.0751 e. The second kappa shape index (κ2) is 5.57. The van der Waals surface area contributed by atoms with Crippen LogP contribution in [0.4, 0.5) is 5.69 Å². The van der Waals surface area contributed by atoms with Gasteiger partial charge in [0.25, 0.3) is 0 Å². The van der Waals surface area contributed by atoms with Crippen LogP contribution in [0.15, 0.2) is 48.7 Å². The maximum atomic E-state index is 4.49. The van der Waals surface area contributed by atoms with Crippen LogP contribution in [0.2, 0.25) is 0 Å². The molecule has 2 heteroatoms. The topological polar surface area (TPSA) is 24.9 Å². The number of rotatable bonds is 3. The first kappa shape index (κ1) is 13.6. The molecule has 0 spiro atoms. The van der Waals surface area contributed by atoms with Crippen molar-refractivity contribution in [3.05, 3.63) is 70.9 Å². The highest BCUT2D eigenvalue weighted by molar-refractivity contribution is 5.93. The molecule has 0 saturated heterocycles. The Morgan fingerprint density at radius 3 is 2.62 bits per heavy atom. The molecule has 106 valence electrons. The van der Waals surface area contributed by atoms with Gasteiger partial charge in [0.05, 0.1) is 5.52 Å². The largest absolute Gasteiger partial charge is 0.380 e. The second-order valence-corrected chi connectivity index (χ2v) is 5.61. The minimum absolute atomic E-state index is 0.833. The number of aromatic nitrogens is 1. The molecular weight excluding hydrogens is 256 g/mol. The van der Waals surface area contributed by atoms with Crippen molar-refractivity contribution in [1.82, 2.24) is 4.98 Å². The molecule has 2 aromatic carbocycles. The molecule has 1 N–H and O–H groups in total. The lowest BCUT2D eigenvalue weighted by Crippen LogP contribution is -2.02. The summed E-state index contributed by atoms with van der Waals surface area (Å²) < 4.78 is 0. The number of pyridine rings is 1. The van der Waals surface area contributed by atoms with Gasteiger partial charge in [-0.05, 0) is 55.7 Å². The molecule has 0 saturated carbocycles. The van der Waals surface area contributed by atoms with Gasteiger partial charge in [0.1, 0.15) is 0 Å². The molecular formula is C19H20N2. The summed E-state index contributed by atoms with van der Waals surface area (Å²) in [5, 5.41) is 4.73. The lowest BCUT2D eigenvalue weighted by molar-refractivity contribution is 1.12. The van der Waals surface area contributed by atoms with Crippen molar-refractivity contribution in [1.29, 1.82) is 0 Å². The Hall–Kier alpha value is -2.35. The van der Waals surface area contributed by atoms with Crippen LogP contribution in [0.5, 0.6) is 0 Å². The van der Waals surface area contributed by atoms with Gasteiger partial charge < -0.3 is 5.32 Å². The molecule has 0 radical (unpaired) electrons. The van der Waals surface area contributed by atoms with Crippen LogP contribution in [0.1, 0.15) is 22.3 Å². The van der Waals surface area contributed by atoms with Gasteiger partial charge in [-0.25, -0.2) is 0 Å². The lowest BCUT2D eigenvalue weighted by Gasteiger charge is -2.13. The molecule has 0 aliphatic heterocycles. The van der Waals surface area contributed by atoms with E-state index in [-0.39, 0.29) is 0 Å². The van der Waals surface area contributed by atoms with Crippen molar-refractivity contribution < 1.29 is 0 Å². The highest BCUT2D eigenvalue weighted by atomic mass is 14.9. The third-order valence-corrected chi connectivity index (χ3v) is 3.94. The Kier molecular flexibility index (Phi) is 3.61. The third kappa shape index (κ3) is 2.75. The predicted octanol–water partition coefficient (Wildman–Crippen LogP) is 4.77. The Labute approximate surface area is 125 Å². The van der Waals surface area contributed by atoms with E-state index >= 15 is 0 Å². The minimum Gasteiger partial charge on any atom is -0.380 e. The molecule has 3 rings (SSSR count). The van der Waals surface area contributed by atoms with Crippen molar-refractivity contribution in [2.45, 2.75) is 27.3 Å². The number of fused-ring (bicyclic) bond motifs is 1. The summed E-state index contributed by atoms with van der Waals surface area (Å²) in [7, 11) is 0. The molecule has 0 amide bonds. The first-order chi connectivity index (χ1) is 10.1. The Bertz CT molecular complexity index is 791. The maximum absolute atomic E-state index is 4.49. The molecule has 1 aromatic heterocycles. The van der Waals surface area contributed by atoms with Crippen LogP contribution in [0.25, 0.3) is 10.9 Å². The summed E-state index contributed by atoms with van der Waals surface area (Å²) in [6.07, 6.45) is 1.85. The Balaban J connectivity index is 1.90. The zero-order valence-corrected chi connectivity index (χ0v) is 12.8. The number of hydrogen-bond acceptors (Lipinski definition) is 2. The summed E-state index contributed by atoms with van der Waals surface area (Å²) in [6, 6.07) is 15.0. The van der Waals surface area contributed by atoms with Crippen molar-refractivity contribution in [2.75, 3.05) is 5.32 Å². The fourth-order valence-corrected chi connectivity index (χ4v) is 2.70. The second-order valence-electron chi connectivity index (χ2n) is 5.61. The Morgan fingerprint density at radius 2 is 1.81 bits per heavy atom.